The van der Waals surface area contributed by atoms with E-state index in [1.54, 1.807) is 21.3 Å². The van der Waals surface area contributed by atoms with Crippen LogP contribution in [0.5, 0.6) is 0 Å². The predicted octanol–water partition coefficient (Wildman–Crippen LogP) is 7.84. The maximum atomic E-state index is 7.03. The van der Waals surface area contributed by atoms with E-state index in [9.17, 15) is 0 Å². The predicted molar refractivity (Wildman–Crippen MR) is 263 cm³/mol. The molecule has 60 heavy (non-hydrogen) atoms. The van der Waals surface area contributed by atoms with Crippen LogP contribution in [0.3, 0.4) is 0 Å². The Labute approximate surface area is 379 Å². The van der Waals surface area contributed by atoms with Gasteiger partial charge in [-0.1, -0.05) is 13.0 Å². The van der Waals surface area contributed by atoms with E-state index < -0.39 is 68.7 Å². The third-order valence-corrected chi connectivity index (χ3v) is 43.4. The molecule has 0 bridgehead atoms. The molecule has 0 aromatic rings. The van der Waals surface area contributed by atoms with Crippen molar-refractivity contribution in [1.29, 1.82) is 0 Å². The summed E-state index contributed by atoms with van der Waals surface area (Å²) in [5.41, 5.74) is 0. The van der Waals surface area contributed by atoms with Crippen LogP contribution in [-0.2, 0) is 56.3 Å². The van der Waals surface area contributed by atoms with Crippen LogP contribution in [0.25, 0.3) is 0 Å². The van der Waals surface area contributed by atoms with Gasteiger partial charge in [0.2, 0.25) is 0 Å². The molecular formula is C36H92N2O13Si9. The van der Waals surface area contributed by atoms with Gasteiger partial charge in [-0.25, -0.2) is 0 Å². The summed E-state index contributed by atoms with van der Waals surface area (Å²) in [6.07, 6.45) is 1.79. The molecule has 2 N–H and O–H groups in total. The van der Waals surface area contributed by atoms with Crippen molar-refractivity contribution < 1.29 is 56.3 Å². The zero-order valence-electron chi connectivity index (χ0n) is 41.9. The van der Waals surface area contributed by atoms with Crippen molar-refractivity contribution in [3.8, 4) is 0 Å². The van der Waals surface area contributed by atoms with Gasteiger partial charge in [0.15, 0.2) is 16.6 Å². The Bertz CT molecular complexity index is 1060. The highest BCUT2D eigenvalue weighted by atomic mass is 28.5. The molecule has 0 fully saturated rings. The van der Waals surface area contributed by atoms with Gasteiger partial charge >= 0.3 is 52.1 Å². The van der Waals surface area contributed by atoms with Gasteiger partial charge in [0.25, 0.3) is 0 Å². The van der Waals surface area contributed by atoms with Crippen molar-refractivity contribution in [2.75, 3.05) is 74.1 Å². The molecule has 1 atom stereocenters. The Hall–Kier alpha value is 1.35. The van der Waals surface area contributed by atoms with Crippen molar-refractivity contribution in [3.05, 3.63) is 0 Å². The van der Waals surface area contributed by atoms with Crippen molar-refractivity contribution >= 4 is 78.3 Å². The topological polar surface area (TPSA) is 144 Å². The van der Waals surface area contributed by atoms with Gasteiger partial charge in [-0.3, -0.25) is 0 Å². The molecule has 0 saturated carbocycles. The van der Waals surface area contributed by atoms with E-state index in [-0.39, 0.29) is 11.0 Å². The highest BCUT2D eigenvalue weighted by Crippen LogP contribution is 2.37. The molecule has 0 amide bonds. The SMILES string of the molecule is CCO[Si](CCCNC(NCCC[Si](OCC)(OCC)OCC)[Si]CC[Si](C)(C)O[Si](C)(C)O[Si](C)(C)O[Si](C)(C)O[Si](C)(C)C(C)[Si](OC)(OC)OC)(OCC)OCC. The van der Waals surface area contributed by atoms with Gasteiger partial charge in [-0.2, -0.15) is 0 Å². The molecule has 24 heteroatoms. The molecule has 0 aromatic carbocycles. The van der Waals surface area contributed by atoms with Crippen molar-refractivity contribution in [2.45, 2.75) is 162 Å². The molecule has 0 spiro atoms. The maximum absolute atomic E-state index is 7.03. The minimum absolute atomic E-state index is 0.00218. The molecule has 0 aromatic heterocycles. The van der Waals surface area contributed by atoms with Crippen LogP contribution in [0.1, 0.15) is 61.3 Å². The smallest absolute Gasteiger partial charge is 0.436 e. The first-order valence-electron chi connectivity index (χ1n) is 22.3. The third kappa shape index (κ3) is 23.2. The summed E-state index contributed by atoms with van der Waals surface area (Å²) in [5, 5.41) is 7.64. The molecule has 0 aliphatic heterocycles. The van der Waals surface area contributed by atoms with Crippen molar-refractivity contribution in [2.24, 2.45) is 0 Å². The summed E-state index contributed by atoms with van der Waals surface area (Å²) in [5.74, 6) is 0.146. The Balaban J connectivity index is 5.74. The zero-order valence-corrected chi connectivity index (χ0v) is 50.9. The van der Waals surface area contributed by atoms with E-state index in [1.165, 1.54) is 0 Å². The highest BCUT2D eigenvalue weighted by molar-refractivity contribution is 6.94. The van der Waals surface area contributed by atoms with Gasteiger partial charge in [0, 0.05) is 84.0 Å². The second-order valence-corrected chi connectivity index (χ2v) is 47.7. The number of hydrogen-bond acceptors (Lipinski definition) is 15. The zero-order chi connectivity index (χ0) is 46.4. The van der Waals surface area contributed by atoms with E-state index in [0.717, 1.165) is 50.1 Å². The van der Waals surface area contributed by atoms with Gasteiger partial charge in [0.05, 0.1) is 9.52 Å². The molecule has 0 rings (SSSR count). The summed E-state index contributed by atoms with van der Waals surface area (Å²) >= 11 is 0. The monoisotopic (exact) mass is 1010 g/mol. The summed E-state index contributed by atoms with van der Waals surface area (Å²) in [7, 11) is -15.1. The Morgan fingerprint density at radius 2 is 0.800 bits per heavy atom. The molecule has 360 valence electrons. The average molecular weight is 1010 g/mol. The van der Waals surface area contributed by atoms with Crippen LogP contribution in [0.2, 0.25) is 94.8 Å². The Morgan fingerprint density at radius 1 is 0.467 bits per heavy atom. The average Bonchev–Trinajstić information content (AvgIpc) is 3.11. The van der Waals surface area contributed by atoms with Crippen LogP contribution < -0.4 is 10.6 Å². The van der Waals surface area contributed by atoms with E-state index >= 15 is 0 Å². The standard InChI is InChI=1S/C36H92N2O13Si9/c1-21-42-58(43-22-2,44-23-3)32-27-29-37-36(38-30-28-33-59(45-24-4,46-25-5)47-26-6)52-31-34-53(11,12)48-55(15,16)50-57(19,20)51-56(17,18)49-54(13,14)35(7)60(39-8,40-9)41-10/h35-38H,21-34H2,1-20H3. The second-order valence-electron chi connectivity index (χ2n) is 17.1. The molecule has 0 aliphatic carbocycles. The summed E-state index contributed by atoms with van der Waals surface area (Å²) in [6, 6.07) is 3.60. The molecule has 0 aliphatic rings. The van der Waals surface area contributed by atoms with Crippen LogP contribution in [0.15, 0.2) is 0 Å². The van der Waals surface area contributed by atoms with Crippen molar-refractivity contribution in [1.82, 2.24) is 10.6 Å². The van der Waals surface area contributed by atoms with Gasteiger partial charge in [0.1, 0.15) is 0 Å². The first-order valence-corrected chi connectivity index (χ1v) is 43.8. The summed E-state index contributed by atoms with van der Waals surface area (Å²) in [4.78, 5) is 0. The fourth-order valence-electron chi connectivity index (χ4n) is 7.73. The lowest BCUT2D eigenvalue weighted by Crippen LogP contribution is -2.62. The molecule has 0 heterocycles. The second kappa shape index (κ2) is 29.2. The van der Waals surface area contributed by atoms with Gasteiger partial charge in [-0.15, -0.1) is 0 Å². The van der Waals surface area contributed by atoms with E-state index in [0.29, 0.717) is 49.2 Å². The van der Waals surface area contributed by atoms with Crippen LogP contribution in [-0.4, -0.2) is 158 Å². The molecule has 15 nitrogen and oxygen atoms in total. The Kier molecular flexibility index (Phi) is 29.8. The lowest BCUT2D eigenvalue weighted by atomic mass is 10.4. The molecular weight excluding hydrogens is 921 g/mol. The number of hydrogen-bond donors (Lipinski definition) is 2. The maximum Gasteiger partial charge on any atom is 0.502 e. The first kappa shape index (κ1) is 61.4. The fraction of sp³-hybridized carbons (Fsp3) is 1.00. The lowest BCUT2D eigenvalue weighted by Gasteiger charge is -2.45. The van der Waals surface area contributed by atoms with E-state index in [1.807, 2.05) is 41.5 Å². The van der Waals surface area contributed by atoms with Crippen LogP contribution >= 0.6 is 0 Å². The third-order valence-electron chi connectivity index (χ3n) is 9.72. The number of nitrogens with one attached hydrogen (secondary N) is 2. The highest BCUT2D eigenvalue weighted by Gasteiger charge is 2.56. The lowest BCUT2D eigenvalue weighted by molar-refractivity contribution is 0.0701. The van der Waals surface area contributed by atoms with Gasteiger partial charge in [-0.05, 0) is 139 Å². The van der Waals surface area contributed by atoms with Crippen LogP contribution in [0.4, 0.5) is 0 Å². The summed E-state index contributed by atoms with van der Waals surface area (Å²) < 4.78 is 82.0. The largest absolute Gasteiger partial charge is 0.502 e. The quantitative estimate of drug-likeness (QED) is 0.0351. The van der Waals surface area contributed by atoms with Crippen molar-refractivity contribution in [3.63, 3.8) is 0 Å². The normalized spacial score (nSPS) is 14.8. The Morgan fingerprint density at radius 3 is 1.13 bits per heavy atom. The van der Waals surface area contributed by atoms with Crippen LogP contribution in [0, 0.1) is 0 Å². The minimum atomic E-state index is -2.90. The van der Waals surface area contributed by atoms with E-state index in [4.69, 9.17) is 56.3 Å². The van der Waals surface area contributed by atoms with E-state index in [2.05, 4.69) is 83.0 Å². The molecule has 2 radical (unpaired) electrons. The molecule has 1 unspecified atom stereocenters. The minimum Gasteiger partial charge on any atom is -0.436 e. The molecule has 0 saturated heterocycles. The summed E-state index contributed by atoms with van der Waals surface area (Å²) in [6.45, 7) is 41.0. The fourth-order valence-corrected chi connectivity index (χ4v) is 46.0. The first-order chi connectivity index (χ1) is 27.8. The number of rotatable bonds is 39. The van der Waals surface area contributed by atoms with Gasteiger partial charge < -0.3 is 66.9 Å².